The number of hydrogen-bond acceptors (Lipinski definition) is 4. The summed E-state index contributed by atoms with van der Waals surface area (Å²) in [5.74, 6) is 0.486. The fraction of sp³-hybridized carbons (Fsp3) is 0.421. The van der Waals surface area contributed by atoms with Gasteiger partial charge in [-0.25, -0.2) is 4.39 Å². The summed E-state index contributed by atoms with van der Waals surface area (Å²) in [6, 6.07) is 10.5. The van der Waals surface area contributed by atoms with Gasteiger partial charge in [0, 0.05) is 30.9 Å². The van der Waals surface area contributed by atoms with Crippen molar-refractivity contribution in [3.63, 3.8) is 0 Å². The molecular weight excluding hydrogens is 319 g/mol. The number of piperidine rings is 1. The Balaban J connectivity index is 1.45. The molecule has 1 aliphatic carbocycles. The first-order valence-corrected chi connectivity index (χ1v) is 8.78. The van der Waals surface area contributed by atoms with Crippen molar-refractivity contribution in [2.24, 2.45) is 0 Å². The number of nitrogens with zero attached hydrogens (tertiary/aromatic N) is 3. The molecule has 1 saturated heterocycles. The van der Waals surface area contributed by atoms with Gasteiger partial charge in [0.1, 0.15) is 5.82 Å². The predicted octanol–water partition coefficient (Wildman–Crippen LogP) is 2.43. The van der Waals surface area contributed by atoms with E-state index in [1.807, 2.05) is 12.1 Å². The van der Waals surface area contributed by atoms with Crippen LogP contribution in [0.3, 0.4) is 0 Å². The van der Waals surface area contributed by atoms with E-state index < -0.39 is 5.41 Å². The Labute approximate surface area is 146 Å². The van der Waals surface area contributed by atoms with Crippen molar-refractivity contribution in [3.8, 4) is 0 Å². The van der Waals surface area contributed by atoms with Crippen molar-refractivity contribution in [1.82, 2.24) is 15.5 Å². The number of amides is 1. The van der Waals surface area contributed by atoms with Crippen LogP contribution in [0.5, 0.6) is 0 Å². The van der Waals surface area contributed by atoms with Gasteiger partial charge < -0.3 is 10.2 Å². The fourth-order valence-electron chi connectivity index (χ4n) is 3.68. The van der Waals surface area contributed by atoms with E-state index in [1.165, 1.54) is 6.07 Å². The number of rotatable bonds is 4. The molecule has 1 saturated carbocycles. The monoisotopic (exact) mass is 340 g/mol. The molecule has 2 aliphatic rings. The third-order valence-electron chi connectivity index (χ3n) is 5.21. The van der Waals surface area contributed by atoms with Gasteiger partial charge in [-0.1, -0.05) is 18.2 Å². The van der Waals surface area contributed by atoms with Gasteiger partial charge in [-0.15, -0.1) is 5.10 Å². The number of aromatic nitrogens is 2. The Morgan fingerprint density at radius 2 is 2.08 bits per heavy atom. The third kappa shape index (κ3) is 3.08. The summed E-state index contributed by atoms with van der Waals surface area (Å²) in [5, 5.41) is 11.2. The lowest BCUT2D eigenvalue weighted by molar-refractivity contribution is -0.124. The van der Waals surface area contributed by atoms with Crippen LogP contribution in [0, 0.1) is 5.82 Å². The molecule has 130 valence electrons. The van der Waals surface area contributed by atoms with Gasteiger partial charge >= 0.3 is 0 Å². The largest absolute Gasteiger partial charge is 0.353 e. The van der Waals surface area contributed by atoms with E-state index in [0.717, 1.165) is 25.2 Å². The molecule has 0 radical (unpaired) electrons. The molecule has 25 heavy (non-hydrogen) atoms. The fourth-order valence-corrected chi connectivity index (χ4v) is 3.68. The van der Waals surface area contributed by atoms with Gasteiger partial charge in [-0.2, -0.15) is 5.10 Å². The molecule has 1 aliphatic heterocycles. The zero-order valence-corrected chi connectivity index (χ0v) is 14.0. The third-order valence-corrected chi connectivity index (χ3v) is 5.21. The van der Waals surface area contributed by atoms with E-state index >= 15 is 0 Å². The molecule has 2 aromatic rings. The van der Waals surface area contributed by atoms with E-state index in [4.69, 9.17) is 0 Å². The van der Waals surface area contributed by atoms with Crippen LogP contribution in [0.4, 0.5) is 10.2 Å². The summed E-state index contributed by atoms with van der Waals surface area (Å²) >= 11 is 0. The Bertz CT molecular complexity index is 763. The average molecular weight is 340 g/mol. The summed E-state index contributed by atoms with van der Waals surface area (Å²) in [7, 11) is 0. The zero-order chi connectivity index (χ0) is 17.3. The van der Waals surface area contributed by atoms with Gasteiger partial charge in [-0.3, -0.25) is 4.79 Å². The predicted molar refractivity (Wildman–Crippen MR) is 92.7 cm³/mol. The summed E-state index contributed by atoms with van der Waals surface area (Å²) < 4.78 is 14.1. The van der Waals surface area contributed by atoms with Crippen molar-refractivity contribution >= 4 is 11.7 Å². The first-order valence-electron chi connectivity index (χ1n) is 8.78. The summed E-state index contributed by atoms with van der Waals surface area (Å²) in [6.07, 6.45) is 4.97. The molecule has 0 spiro atoms. The average Bonchev–Trinajstić information content (AvgIpc) is 3.45. The second-order valence-electron chi connectivity index (χ2n) is 6.90. The molecule has 4 rings (SSSR count). The maximum Gasteiger partial charge on any atom is 0.231 e. The lowest BCUT2D eigenvalue weighted by Gasteiger charge is -2.34. The first kappa shape index (κ1) is 16.0. The van der Waals surface area contributed by atoms with Crippen molar-refractivity contribution in [2.45, 2.75) is 37.1 Å². The van der Waals surface area contributed by atoms with Gasteiger partial charge in [-0.05, 0) is 43.9 Å². The van der Waals surface area contributed by atoms with Crippen molar-refractivity contribution in [1.29, 1.82) is 0 Å². The van der Waals surface area contributed by atoms with Crippen LogP contribution >= 0.6 is 0 Å². The number of anilines is 1. The van der Waals surface area contributed by atoms with E-state index in [2.05, 4.69) is 20.4 Å². The first-order chi connectivity index (χ1) is 12.2. The highest BCUT2D eigenvalue weighted by molar-refractivity contribution is 5.91. The standard InChI is InChI=1S/C19H21FN4O/c20-16-7-2-1-6-15(16)19(9-10-19)18(25)22-14-5-4-12-24(13-14)17-8-3-11-21-23-17/h1-3,6-8,11,14H,4-5,9-10,12-13H2,(H,22,25). The Kier molecular flexibility index (Phi) is 4.11. The van der Waals surface area contributed by atoms with Crippen LogP contribution in [0.25, 0.3) is 0 Å². The molecule has 2 fully saturated rings. The minimum Gasteiger partial charge on any atom is -0.353 e. The number of benzene rings is 1. The molecular formula is C19H21FN4O. The molecule has 1 N–H and O–H groups in total. The van der Waals surface area contributed by atoms with Crippen molar-refractivity contribution in [3.05, 3.63) is 54.0 Å². The SMILES string of the molecule is O=C(NC1CCCN(c2cccnn2)C1)C1(c2ccccc2F)CC1. The smallest absolute Gasteiger partial charge is 0.231 e. The van der Waals surface area contributed by atoms with Gasteiger partial charge in [0.05, 0.1) is 5.41 Å². The topological polar surface area (TPSA) is 58.1 Å². The molecule has 1 aromatic carbocycles. The maximum absolute atomic E-state index is 14.1. The van der Waals surface area contributed by atoms with Crippen LogP contribution in [0.2, 0.25) is 0 Å². The van der Waals surface area contributed by atoms with E-state index in [0.29, 0.717) is 24.9 Å². The number of hydrogen-bond donors (Lipinski definition) is 1. The summed E-state index contributed by atoms with van der Waals surface area (Å²) in [5.41, 5.74) is -0.158. The highest BCUT2D eigenvalue weighted by Crippen LogP contribution is 2.49. The van der Waals surface area contributed by atoms with E-state index in [9.17, 15) is 9.18 Å². The summed E-state index contributed by atoms with van der Waals surface area (Å²) in [4.78, 5) is 15.0. The van der Waals surface area contributed by atoms with Crippen LogP contribution in [-0.2, 0) is 10.2 Å². The van der Waals surface area contributed by atoms with Gasteiger partial charge in [0.25, 0.3) is 0 Å². The van der Waals surface area contributed by atoms with Crippen LogP contribution < -0.4 is 10.2 Å². The summed E-state index contributed by atoms with van der Waals surface area (Å²) in [6.45, 7) is 1.61. The zero-order valence-electron chi connectivity index (χ0n) is 14.0. The molecule has 0 bridgehead atoms. The van der Waals surface area contributed by atoms with Crippen LogP contribution in [-0.4, -0.2) is 35.2 Å². The quantitative estimate of drug-likeness (QED) is 0.929. The molecule has 1 unspecified atom stereocenters. The van der Waals surface area contributed by atoms with Gasteiger partial charge in [0.2, 0.25) is 5.91 Å². The minimum atomic E-state index is -0.680. The molecule has 1 atom stereocenters. The number of carbonyl (C=O) groups excluding carboxylic acids is 1. The Hall–Kier alpha value is -2.50. The van der Waals surface area contributed by atoms with Gasteiger partial charge in [0.15, 0.2) is 5.82 Å². The molecule has 5 nitrogen and oxygen atoms in total. The molecule has 1 aromatic heterocycles. The maximum atomic E-state index is 14.1. The second kappa shape index (κ2) is 6.43. The highest BCUT2D eigenvalue weighted by atomic mass is 19.1. The number of halogens is 1. The second-order valence-corrected chi connectivity index (χ2v) is 6.90. The van der Waals surface area contributed by atoms with Crippen LogP contribution in [0.15, 0.2) is 42.6 Å². The number of nitrogens with one attached hydrogen (secondary N) is 1. The highest BCUT2D eigenvalue weighted by Gasteiger charge is 2.53. The normalized spacial score (nSPS) is 21.6. The lowest BCUT2D eigenvalue weighted by atomic mass is 9.93. The van der Waals surface area contributed by atoms with E-state index in [1.54, 1.807) is 24.4 Å². The van der Waals surface area contributed by atoms with E-state index in [-0.39, 0.29) is 17.8 Å². The number of carbonyl (C=O) groups is 1. The molecule has 1 amide bonds. The van der Waals surface area contributed by atoms with Crippen LogP contribution in [0.1, 0.15) is 31.2 Å². The Morgan fingerprint density at radius 1 is 1.24 bits per heavy atom. The molecule has 2 heterocycles. The van der Waals surface area contributed by atoms with Crippen molar-refractivity contribution in [2.75, 3.05) is 18.0 Å². The van der Waals surface area contributed by atoms with Crippen molar-refractivity contribution < 1.29 is 9.18 Å². The molecule has 6 heteroatoms. The minimum absolute atomic E-state index is 0.0486. The Morgan fingerprint density at radius 3 is 2.80 bits per heavy atom. The lowest BCUT2D eigenvalue weighted by Crippen LogP contribution is -2.50.